The van der Waals surface area contributed by atoms with Crippen LogP contribution in [0.25, 0.3) is 0 Å². The van der Waals surface area contributed by atoms with Crippen LogP contribution < -0.4 is 5.32 Å². The lowest BCUT2D eigenvalue weighted by Gasteiger charge is -2.38. The lowest BCUT2D eigenvalue weighted by molar-refractivity contribution is -0.151. The van der Waals surface area contributed by atoms with Crippen LogP contribution in [-0.2, 0) is 14.3 Å². The van der Waals surface area contributed by atoms with Gasteiger partial charge in [0.1, 0.15) is 12.1 Å². The van der Waals surface area contributed by atoms with Gasteiger partial charge in [0, 0.05) is 13.1 Å². The van der Waals surface area contributed by atoms with Gasteiger partial charge >= 0.3 is 5.97 Å². The monoisotopic (exact) mass is 256 g/mol. The van der Waals surface area contributed by atoms with Gasteiger partial charge in [-0.2, -0.15) is 0 Å². The molecule has 1 aliphatic heterocycles. The van der Waals surface area contributed by atoms with Gasteiger partial charge in [0.25, 0.3) is 0 Å². The van der Waals surface area contributed by atoms with Crippen molar-refractivity contribution in [3.05, 3.63) is 0 Å². The molecule has 1 aliphatic carbocycles. The highest BCUT2D eigenvalue weighted by Gasteiger charge is 2.45. The lowest BCUT2D eigenvalue weighted by atomic mass is 10.1. The summed E-state index contributed by atoms with van der Waals surface area (Å²) in [6.45, 7) is 3.68. The summed E-state index contributed by atoms with van der Waals surface area (Å²) in [7, 11) is 0. The van der Waals surface area contributed by atoms with Crippen LogP contribution in [0.4, 0.5) is 0 Å². The summed E-state index contributed by atoms with van der Waals surface area (Å²) in [5.41, 5.74) is 0. The molecule has 0 bridgehead atoms. The quantitative estimate of drug-likeness (QED) is 0.705. The Morgan fingerprint density at radius 2 is 2.22 bits per heavy atom. The van der Waals surface area contributed by atoms with Gasteiger partial charge in [-0.3, -0.25) is 14.5 Å². The number of carboxylic acid groups (broad SMARTS) is 1. The van der Waals surface area contributed by atoms with Crippen molar-refractivity contribution in [3.63, 3.8) is 0 Å². The van der Waals surface area contributed by atoms with Crippen molar-refractivity contribution in [2.75, 3.05) is 26.3 Å². The van der Waals surface area contributed by atoms with Gasteiger partial charge in [-0.15, -0.1) is 0 Å². The zero-order valence-corrected chi connectivity index (χ0v) is 10.6. The smallest absolute Gasteiger partial charge is 0.321 e. The van der Waals surface area contributed by atoms with Gasteiger partial charge in [0.2, 0.25) is 5.91 Å². The Labute approximate surface area is 106 Å². The van der Waals surface area contributed by atoms with Crippen LogP contribution in [0.2, 0.25) is 0 Å². The molecule has 2 aliphatic rings. The van der Waals surface area contributed by atoms with Gasteiger partial charge in [-0.05, 0) is 25.7 Å². The standard InChI is InChI=1S/C12H20N2O4/c1-2-13-11(15)9-7-18-6-5-14(9)10(12(16)17)8-3-4-8/h8-10H,2-7H2,1H3,(H,13,15)(H,16,17). The normalized spacial score (nSPS) is 26.6. The predicted octanol–water partition coefficient (Wildman–Crippen LogP) is -0.313. The number of likely N-dealkylation sites (N-methyl/N-ethyl adjacent to an activating group) is 1. The predicted molar refractivity (Wildman–Crippen MR) is 64.1 cm³/mol. The topological polar surface area (TPSA) is 78.9 Å². The molecule has 1 heterocycles. The number of nitrogens with zero attached hydrogens (tertiary/aromatic N) is 1. The molecule has 0 spiro atoms. The zero-order valence-electron chi connectivity index (χ0n) is 10.6. The van der Waals surface area contributed by atoms with Crippen LogP contribution in [-0.4, -0.2) is 60.3 Å². The Morgan fingerprint density at radius 3 is 2.78 bits per heavy atom. The SMILES string of the molecule is CCNC(=O)C1COCCN1C(C(=O)O)C1CC1. The van der Waals surface area contributed by atoms with Crippen molar-refractivity contribution in [3.8, 4) is 0 Å². The molecule has 1 saturated carbocycles. The van der Waals surface area contributed by atoms with Crippen LogP contribution in [0.1, 0.15) is 19.8 Å². The second-order valence-corrected chi connectivity index (χ2v) is 4.84. The molecule has 0 aromatic heterocycles. The fraction of sp³-hybridized carbons (Fsp3) is 0.833. The molecular weight excluding hydrogens is 236 g/mol. The molecule has 0 aromatic rings. The number of amides is 1. The van der Waals surface area contributed by atoms with Crippen LogP contribution in [0.15, 0.2) is 0 Å². The van der Waals surface area contributed by atoms with Gasteiger partial charge in [0.05, 0.1) is 13.2 Å². The maximum Gasteiger partial charge on any atom is 0.321 e. The summed E-state index contributed by atoms with van der Waals surface area (Å²) in [5, 5.41) is 12.1. The number of morpholine rings is 1. The van der Waals surface area contributed by atoms with E-state index in [2.05, 4.69) is 5.32 Å². The third kappa shape index (κ3) is 2.81. The molecule has 102 valence electrons. The molecule has 6 nitrogen and oxygen atoms in total. The number of ether oxygens (including phenoxy) is 1. The fourth-order valence-electron chi connectivity index (χ4n) is 2.49. The summed E-state index contributed by atoms with van der Waals surface area (Å²) in [5.74, 6) is -0.768. The number of nitrogens with one attached hydrogen (secondary N) is 1. The van der Waals surface area contributed by atoms with E-state index in [1.807, 2.05) is 6.92 Å². The molecule has 18 heavy (non-hydrogen) atoms. The van der Waals surface area contributed by atoms with E-state index < -0.39 is 18.1 Å². The molecule has 0 aromatic carbocycles. The van der Waals surface area contributed by atoms with Crippen molar-refractivity contribution >= 4 is 11.9 Å². The molecular formula is C12H20N2O4. The minimum atomic E-state index is -0.825. The van der Waals surface area contributed by atoms with E-state index in [9.17, 15) is 14.7 Å². The van der Waals surface area contributed by atoms with E-state index in [1.54, 1.807) is 4.90 Å². The van der Waals surface area contributed by atoms with Crippen LogP contribution in [0.3, 0.4) is 0 Å². The first-order valence-corrected chi connectivity index (χ1v) is 6.49. The molecule has 6 heteroatoms. The zero-order chi connectivity index (χ0) is 13.1. The van der Waals surface area contributed by atoms with E-state index in [-0.39, 0.29) is 18.4 Å². The van der Waals surface area contributed by atoms with Crippen molar-refractivity contribution in [2.45, 2.75) is 31.8 Å². The Hall–Kier alpha value is -1.14. The van der Waals surface area contributed by atoms with Gasteiger partial charge in [0.15, 0.2) is 0 Å². The highest BCUT2D eigenvalue weighted by Crippen LogP contribution is 2.36. The molecule has 2 unspecified atom stereocenters. The van der Waals surface area contributed by atoms with Gasteiger partial charge < -0.3 is 15.2 Å². The molecule has 2 N–H and O–H groups in total. The lowest BCUT2D eigenvalue weighted by Crippen LogP contribution is -2.59. The number of carboxylic acids is 1. The van der Waals surface area contributed by atoms with Gasteiger partial charge in [-0.1, -0.05) is 0 Å². The number of carbonyl (C=O) groups is 2. The van der Waals surface area contributed by atoms with Crippen molar-refractivity contribution in [1.82, 2.24) is 10.2 Å². The molecule has 2 rings (SSSR count). The second-order valence-electron chi connectivity index (χ2n) is 4.84. The first-order chi connectivity index (χ1) is 8.65. The minimum Gasteiger partial charge on any atom is -0.480 e. The van der Waals surface area contributed by atoms with Crippen LogP contribution in [0.5, 0.6) is 0 Å². The van der Waals surface area contributed by atoms with E-state index >= 15 is 0 Å². The minimum absolute atomic E-state index is 0.135. The summed E-state index contributed by atoms with van der Waals surface area (Å²) >= 11 is 0. The molecule has 2 fully saturated rings. The van der Waals surface area contributed by atoms with Crippen molar-refractivity contribution < 1.29 is 19.4 Å². The van der Waals surface area contributed by atoms with Crippen LogP contribution in [0, 0.1) is 5.92 Å². The van der Waals surface area contributed by atoms with E-state index in [0.717, 1.165) is 12.8 Å². The summed E-state index contributed by atoms with van der Waals surface area (Å²) < 4.78 is 5.31. The number of hydrogen-bond acceptors (Lipinski definition) is 4. The Morgan fingerprint density at radius 1 is 1.50 bits per heavy atom. The largest absolute Gasteiger partial charge is 0.480 e. The maximum absolute atomic E-state index is 12.0. The summed E-state index contributed by atoms with van der Waals surface area (Å²) in [4.78, 5) is 25.1. The van der Waals surface area contributed by atoms with E-state index in [1.165, 1.54) is 0 Å². The molecule has 0 radical (unpaired) electrons. The van der Waals surface area contributed by atoms with Gasteiger partial charge in [-0.25, -0.2) is 0 Å². The Bertz CT molecular complexity index is 330. The Kier molecular flexibility index (Phi) is 4.19. The van der Waals surface area contributed by atoms with Crippen molar-refractivity contribution in [2.24, 2.45) is 5.92 Å². The number of carbonyl (C=O) groups excluding carboxylic acids is 1. The highest BCUT2D eigenvalue weighted by atomic mass is 16.5. The molecule has 2 atom stereocenters. The average Bonchev–Trinajstić information content (AvgIpc) is 3.14. The van der Waals surface area contributed by atoms with Crippen molar-refractivity contribution in [1.29, 1.82) is 0 Å². The Balaban J connectivity index is 2.10. The average molecular weight is 256 g/mol. The van der Waals surface area contributed by atoms with Crippen LogP contribution >= 0.6 is 0 Å². The highest BCUT2D eigenvalue weighted by molar-refractivity contribution is 5.83. The molecule has 1 amide bonds. The summed E-state index contributed by atoms with van der Waals surface area (Å²) in [6.07, 6.45) is 1.88. The molecule has 1 saturated heterocycles. The number of aliphatic carboxylic acids is 1. The number of hydrogen-bond donors (Lipinski definition) is 2. The number of rotatable bonds is 5. The first kappa shape index (κ1) is 13.3. The third-order valence-electron chi connectivity index (χ3n) is 3.50. The van der Waals surface area contributed by atoms with E-state index in [4.69, 9.17) is 4.74 Å². The maximum atomic E-state index is 12.0. The second kappa shape index (κ2) is 5.67. The van der Waals surface area contributed by atoms with E-state index in [0.29, 0.717) is 19.7 Å². The first-order valence-electron chi connectivity index (χ1n) is 6.49. The fourth-order valence-corrected chi connectivity index (χ4v) is 2.49. The summed E-state index contributed by atoms with van der Waals surface area (Å²) in [6, 6.07) is -1.01. The third-order valence-corrected chi connectivity index (χ3v) is 3.50.